The number of hydrogen-bond acceptors (Lipinski definition) is 11. The van der Waals surface area contributed by atoms with Crippen molar-refractivity contribution < 1.29 is 41.8 Å². The summed E-state index contributed by atoms with van der Waals surface area (Å²) in [6.07, 6.45) is 4.30. The van der Waals surface area contributed by atoms with E-state index >= 15 is 0 Å². The molecule has 1 aromatic carbocycles. The number of hydrogen-bond donors (Lipinski definition) is 3. The number of likely N-dealkylation sites (tertiary alicyclic amines) is 1. The first-order valence-corrected chi connectivity index (χ1v) is 19.4. The van der Waals surface area contributed by atoms with Gasteiger partial charge in [-0.3, -0.25) is 19.1 Å². The predicted octanol–water partition coefficient (Wildman–Crippen LogP) is 3.05. The van der Waals surface area contributed by atoms with Crippen LogP contribution in [0, 0.1) is 18.3 Å². The number of ether oxygens (including phenoxy) is 3. The fourth-order valence-corrected chi connectivity index (χ4v) is 8.38. The van der Waals surface area contributed by atoms with Gasteiger partial charge < -0.3 is 29.7 Å². The van der Waals surface area contributed by atoms with Crippen LogP contribution in [0.3, 0.4) is 0 Å². The summed E-state index contributed by atoms with van der Waals surface area (Å²) in [6.45, 7) is 10.8. The lowest BCUT2D eigenvalue weighted by Crippen LogP contribution is -2.60. The molecule has 4 fully saturated rings. The van der Waals surface area contributed by atoms with E-state index in [1.165, 1.54) is 11.0 Å². The number of nitrogens with one attached hydrogen (secondary N) is 3. The molecule has 52 heavy (non-hydrogen) atoms. The number of aromatic nitrogens is 2. The Kier molecular flexibility index (Phi) is 10.2. The van der Waals surface area contributed by atoms with Crippen LogP contribution in [0.25, 0.3) is 11.0 Å². The van der Waals surface area contributed by atoms with Gasteiger partial charge in [0.05, 0.1) is 29.9 Å². The second-order valence-corrected chi connectivity index (χ2v) is 17.3. The van der Waals surface area contributed by atoms with Gasteiger partial charge in [-0.1, -0.05) is 26.8 Å². The fraction of sp³-hybridized carbons (Fsp3) is 0.611. The third-order valence-corrected chi connectivity index (χ3v) is 12.1. The largest absolute Gasteiger partial charge is 0.497 e. The third kappa shape index (κ3) is 7.81. The molecule has 2 aromatic rings. The zero-order chi connectivity index (χ0) is 37.6. The van der Waals surface area contributed by atoms with Crippen molar-refractivity contribution in [1.82, 2.24) is 30.2 Å². The van der Waals surface area contributed by atoms with Crippen LogP contribution in [0.4, 0.5) is 4.79 Å². The van der Waals surface area contributed by atoms with Crippen molar-refractivity contribution >= 4 is 44.9 Å². The van der Waals surface area contributed by atoms with Gasteiger partial charge in [-0.05, 0) is 69.4 Å². The van der Waals surface area contributed by atoms with Gasteiger partial charge in [0.25, 0.3) is 5.91 Å². The molecule has 6 rings (SSSR count). The van der Waals surface area contributed by atoms with E-state index in [0.717, 1.165) is 25.7 Å². The standard InChI is InChI=1S/C36H48N6O9S/c1-7-21-18-36(21,33(45)41-52(47,48)25-13-14-25)40-30(43)28-17-24(50-31-20(2)37-26-15-12-23(49-6)16-27(26)38-31)19-42(28)32(44)29(35(3,4)5)39-34(46)51-22-10-8-9-11-22/h7,12,15-16,21-22,24-25,28-29H,1,8-11,13-14,17-19H2,2-6H3,(H,39,46)(H,40,43)(H,41,45)/t21-,24-,28+,29-,36-/m1/s1. The van der Waals surface area contributed by atoms with Crippen LogP contribution in [0.5, 0.6) is 11.6 Å². The number of alkyl carbamates (subject to hydrolysis) is 1. The summed E-state index contributed by atoms with van der Waals surface area (Å²) in [4.78, 5) is 65.9. The third-order valence-electron chi connectivity index (χ3n) is 10.3. The number of sulfonamides is 1. The van der Waals surface area contributed by atoms with Gasteiger partial charge in [-0.2, -0.15) is 0 Å². The van der Waals surface area contributed by atoms with Crippen LogP contribution >= 0.6 is 0 Å². The van der Waals surface area contributed by atoms with E-state index in [9.17, 15) is 27.6 Å². The molecule has 0 unspecified atom stereocenters. The Hall–Kier alpha value is -4.47. The van der Waals surface area contributed by atoms with Gasteiger partial charge in [0.1, 0.15) is 41.3 Å². The number of methoxy groups -OCH3 is 1. The van der Waals surface area contributed by atoms with Gasteiger partial charge in [0, 0.05) is 18.4 Å². The molecule has 0 radical (unpaired) electrons. The first kappa shape index (κ1) is 37.3. The number of carbonyl (C=O) groups excluding carboxylic acids is 4. The Balaban J connectivity index is 1.27. The highest BCUT2D eigenvalue weighted by Gasteiger charge is 2.62. The lowest BCUT2D eigenvalue weighted by Gasteiger charge is -2.35. The minimum absolute atomic E-state index is 0.00898. The maximum atomic E-state index is 14.5. The molecule has 3 saturated carbocycles. The Morgan fingerprint density at radius 1 is 1.06 bits per heavy atom. The molecule has 1 aliphatic heterocycles. The Morgan fingerprint density at radius 3 is 2.38 bits per heavy atom. The molecule has 3 aliphatic carbocycles. The highest BCUT2D eigenvalue weighted by molar-refractivity contribution is 7.91. The summed E-state index contributed by atoms with van der Waals surface area (Å²) in [5, 5.41) is 4.90. The number of nitrogens with zero attached hydrogens (tertiary/aromatic N) is 3. The van der Waals surface area contributed by atoms with Crippen LogP contribution in [0.15, 0.2) is 30.9 Å². The molecular formula is C36H48N6O9S. The Morgan fingerprint density at radius 2 is 1.77 bits per heavy atom. The van der Waals surface area contributed by atoms with Crippen molar-refractivity contribution in [3.8, 4) is 11.6 Å². The van der Waals surface area contributed by atoms with E-state index in [1.54, 1.807) is 53.0 Å². The minimum atomic E-state index is -3.90. The van der Waals surface area contributed by atoms with E-state index < -0.39 is 74.1 Å². The molecule has 5 atom stereocenters. The smallest absolute Gasteiger partial charge is 0.408 e. The topological polar surface area (TPSA) is 195 Å². The molecule has 282 valence electrons. The summed E-state index contributed by atoms with van der Waals surface area (Å²) in [5.41, 5.74) is -0.708. The molecule has 16 heteroatoms. The lowest BCUT2D eigenvalue weighted by molar-refractivity contribution is -0.143. The molecule has 4 aliphatic rings. The van der Waals surface area contributed by atoms with Crippen LogP contribution in [-0.4, -0.2) is 95.8 Å². The van der Waals surface area contributed by atoms with Gasteiger partial charge in [0.15, 0.2) is 0 Å². The molecular weight excluding hydrogens is 692 g/mol. The van der Waals surface area contributed by atoms with Gasteiger partial charge in [0.2, 0.25) is 27.7 Å². The highest BCUT2D eigenvalue weighted by Crippen LogP contribution is 2.45. The number of fused-ring (bicyclic) bond motifs is 1. The number of carbonyl (C=O) groups is 4. The highest BCUT2D eigenvalue weighted by atomic mass is 32.2. The zero-order valence-electron chi connectivity index (χ0n) is 30.3. The van der Waals surface area contributed by atoms with Crippen molar-refractivity contribution in [2.24, 2.45) is 11.3 Å². The molecule has 2 heterocycles. The van der Waals surface area contributed by atoms with Crippen molar-refractivity contribution in [1.29, 1.82) is 0 Å². The van der Waals surface area contributed by atoms with Crippen molar-refractivity contribution in [3.05, 3.63) is 36.5 Å². The van der Waals surface area contributed by atoms with Crippen molar-refractivity contribution in [3.63, 3.8) is 0 Å². The normalized spacial score (nSPS) is 25.2. The molecule has 1 aromatic heterocycles. The zero-order valence-corrected chi connectivity index (χ0v) is 31.1. The predicted molar refractivity (Wildman–Crippen MR) is 190 cm³/mol. The van der Waals surface area contributed by atoms with Crippen LogP contribution < -0.4 is 24.8 Å². The minimum Gasteiger partial charge on any atom is -0.497 e. The Bertz CT molecular complexity index is 1870. The second-order valence-electron chi connectivity index (χ2n) is 15.4. The lowest BCUT2D eigenvalue weighted by atomic mass is 9.85. The Labute approximate surface area is 303 Å². The second kappa shape index (κ2) is 14.2. The fourth-order valence-electron chi connectivity index (χ4n) is 7.02. The average molecular weight is 741 g/mol. The number of amides is 4. The van der Waals surface area contributed by atoms with E-state index in [-0.39, 0.29) is 31.4 Å². The van der Waals surface area contributed by atoms with Gasteiger partial charge in [-0.15, -0.1) is 6.58 Å². The first-order valence-electron chi connectivity index (χ1n) is 17.8. The maximum absolute atomic E-state index is 14.5. The van der Waals surface area contributed by atoms with Crippen LogP contribution in [-0.2, 0) is 29.1 Å². The summed E-state index contributed by atoms with van der Waals surface area (Å²) in [5.74, 6) is -1.79. The van der Waals surface area contributed by atoms with Gasteiger partial charge >= 0.3 is 6.09 Å². The van der Waals surface area contributed by atoms with Gasteiger partial charge in [-0.25, -0.2) is 23.2 Å². The van der Waals surface area contributed by atoms with E-state index in [4.69, 9.17) is 14.2 Å². The SMILES string of the molecule is C=C[C@@H]1C[C@]1(NC(=O)[C@@H]1C[C@@H](Oc2nc3cc(OC)ccc3nc2C)CN1C(=O)[C@@H](NC(=O)OC1CCCC1)C(C)(C)C)C(=O)NS(=O)(=O)C1CC1. The summed E-state index contributed by atoms with van der Waals surface area (Å²) in [7, 11) is -2.35. The number of benzene rings is 1. The average Bonchev–Trinajstić information content (AvgIpc) is 3.97. The molecule has 4 amide bonds. The number of aryl methyl sites for hydroxylation is 1. The quantitative estimate of drug-likeness (QED) is 0.271. The molecule has 0 bridgehead atoms. The maximum Gasteiger partial charge on any atom is 0.408 e. The molecule has 0 spiro atoms. The summed E-state index contributed by atoms with van der Waals surface area (Å²) >= 11 is 0. The molecule has 1 saturated heterocycles. The van der Waals surface area contributed by atoms with E-state index in [2.05, 4.69) is 31.9 Å². The number of rotatable bonds is 12. The van der Waals surface area contributed by atoms with Crippen molar-refractivity contribution in [2.75, 3.05) is 13.7 Å². The first-order chi connectivity index (χ1) is 24.5. The molecule has 15 nitrogen and oxygen atoms in total. The monoisotopic (exact) mass is 740 g/mol. The summed E-state index contributed by atoms with van der Waals surface area (Å²) < 4.78 is 44.8. The van der Waals surface area contributed by atoms with Crippen LogP contribution in [0.2, 0.25) is 0 Å². The van der Waals surface area contributed by atoms with E-state index in [0.29, 0.717) is 35.3 Å². The van der Waals surface area contributed by atoms with Crippen LogP contribution in [0.1, 0.15) is 77.8 Å². The van der Waals surface area contributed by atoms with Crippen molar-refractivity contribution in [2.45, 2.75) is 114 Å². The molecule has 3 N–H and O–H groups in total. The summed E-state index contributed by atoms with van der Waals surface area (Å²) in [6, 6.07) is 3.03. The van der Waals surface area contributed by atoms with E-state index in [1.807, 2.05) is 0 Å².